The second-order valence-corrected chi connectivity index (χ2v) is 12.5. The van der Waals surface area contributed by atoms with Crippen LogP contribution in [0.4, 0.5) is 39.5 Å². The van der Waals surface area contributed by atoms with Crippen LogP contribution in [0.5, 0.6) is 0 Å². The lowest BCUT2D eigenvalue weighted by Crippen LogP contribution is -2.23. The molecule has 0 aliphatic heterocycles. The van der Waals surface area contributed by atoms with E-state index in [1.54, 1.807) is 0 Å². The van der Waals surface area contributed by atoms with Crippen LogP contribution in [0.3, 0.4) is 0 Å². The summed E-state index contributed by atoms with van der Waals surface area (Å²) in [5.41, 5.74) is -7.34. The summed E-state index contributed by atoms with van der Waals surface area (Å²) in [6.07, 6.45) is -16.1. The number of benzene rings is 1. The van der Waals surface area contributed by atoms with Crippen molar-refractivity contribution in [2.24, 2.45) is 0 Å². The molecular weight excluding hydrogens is 395 g/mol. The van der Waals surface area contributed by atoms with Crippen molar-refractivity contribution in [3.63, 3.8) is 0 Å². The van der Waals surface area contributed by atoms with Crippen molar-refractivity contribution in [1.29, 1.82) is 0 Å². The summed E-state index contributed by atoms with van der Waals surface area (Å²) in [7, 11) is -1.65. The van der Waals surface area contributed by atoms with Crippen LogP contribution in [0.25, 0.3) is 0 Å². The Balaban J connectivity index is 3.40. The lowest BCUT2D eigenvalue weighted by Gasteiger charge is -2.22. The maximum Gasteiger partial charge on any atom is 0.416 e. The monoisotopic (exact) mass is 412 g/mol. The van der Waals surface area contributed by atoms with Gasteiger partial charge in [-0.1, -0.05) is 19.6 Å². The summed E-state index contributed by atoms with van der Waals surface area (Å²) in [5.74, 6) is 0. The molecule has 1 rings (SSSR count). The van der Waals surface area contributed by atoms with Gasteiger partial charge in [-0.05, 0) is 18.2 Å². The Morgan fingerprint density at radius 3 is 1.50 bits per heavy atom. The molecule has 0 unspecified atom stereocenters. The highest BCUT2D eigenvalue weighted by atomic mass is 28.3. The van der Waals surface area contributed by atoms with Crippen molar-refractivity contribution in [1.82, 2.24) is 0 Å². The van der Waals surface area contributed by atoms with Gasteiger partial charge in [0.1, 0.15) is 0 Å². The molecule has 0 aromatic heterocycles. The second kappa shape index (κ2) is 7.41. The summed E-state index contributed by atoms with van der Waals surface area (Å²) in [6.45, 7) is 4.63. The Labute approximate surface area is 145 Å². The molecule has 0 fully saturated rings. The molecule has 1 nitrogen and oxygen atoms in total. The highest BCUT2D eigenvalue weighted by molar-refractivity contribution is 6.76. The Bertz CT molecular complexity index is 589. The lowest BCUT2D eigenvalue weighted by atomic mass is 9.96. The van der Waals surface area contributed by atoms with Crippen molar-refractivity contribution in [2.75, 3.05) is 6.61 Å². The number of ether oxygens (including phenoxy) is 1. The molecule has 0 radical (unpaired) electrons. The van der Waals surface area contributed by atoms with E-state index in [4.69, 9.17) is 4.74 Å². The van der Waals surface area contributed by atoms with E-state index in [-0.39, 0.29) is 18.7 Å². The fourth-order valence-electron chi connectivity index (χ4n) is 2.05. The normalized spacial score (nSPS) is 14.0. The SMILES string of the molecule is C[Si](C)(C)CCOCc1c(C(F)(F)F)cc(C(F)(F)F)cc1C(F)(F)F. The van der Waals surface area contributed by atoms with Crippen LogP contribution in [-0.4, -0.2) is 14.7 Å². The van der Waals surface area contributed by atoms with Gasteiger partial charge in [-0.2, -0.15) is 39.5 Å². The number of halogens is 9. The van der Waals surface area contributed by atoms with Gasteiger partial charge in [0, 0.05) is 20.2 Å². The summed E-state index contributed by atoms with van der Waals surface area (Å²) in [5, 5.41) is 0. The Hall–Kier alpha value is -1.23. The van der Waals surface area contributed by atoms with Gasteiger partial charge >= 0.3 is 18.5 Å². The summed E-state index contributed by atoms with van der Waals surface area (Å²) < 4.78 is 122. The van der Waals surface area contributed by atoms with Crippen LogP contribution in [-0.2, 0) is 29.9 Å². The van der Waals surface area contributed by atoms with Gasteiger partial charge in [-0.25, -0.2) is 0 Å². The third kappa shape index (κ3) is 6.49. The van der Waals surface area contributed by atoms with E-state index in [0.717, 1.165) is 0 Å². The number of hydrogen-bond acceptors (Lipinski definition) is 1. The standard InChI is InChI=1S/C15H17F9OSi/c1-26(2,3)5-4-25-8-10-11(14(19,20)21)6-9(13(16,17)18)7-12(10)15(22,23)24/h6-7H,4-5,8H2,1-3H3. The van der Waals surface area contributed by atoms with Crippen LogP contribution >= 0.6 is 0 Å². The molecule has 0 amide bonds. The van der Waals surface area contributed by atoms with E-state index < -0.39 is 55.5 Å². The molecule has 1 aromatic rings. The molecule has 0 aliphatic carbocycles. The molecule has 26 heavy (non-hydrogen) atoms. The summed E-state index contributed by atoms with van der Waals surface area (Å²) in [6, 6.07) is -0.144. The highest BCUT2D eigenvalue weighted by Gasteiger charge is 2.44. The van der Waals surface area contributed by atoms with Crippen molar-refractivity contribution in [3.8, 4) is 0 Å². The predicted molar refractivity (Wildman–Crippen MR) is 79.3 cm³/mol. The number of alkyl halides is 9. The molecule has 0 bridgehead atoms. The van der Waals surface area contributed by atoms with Gasteiger partial charge in [0.25, 0.3) is 0 Å². The van der Waals surface area contributed by atoms with E-state index in [2.05, 4.69) is 0 Å². The van der Waals surface area contributed by atoms with Crippen molar-refractivity contribution in [3.05, 3.63) is 34.4 Å². The fourth-order valence-corrected chi connectivity index (χ4v) is 2.81. The van der Waals surface area contributed by atoms with Gasteiger partial charge in [-0.15, -0.1) is 0 Å². The van der Waals surface area contributed by atoms with Crippen LogP contribution in [0, 0.1) is 0 Å². The zero-order valence-electron chi connectivity index (χ0n) is 14.1. The molecular formula is C15H17F9OSi. The summed E-state index contributed by atoms with van der Waals surface area (Å²) >= 11 is 0. The third-order valence-electron chi connectivity index (χ3n) is 3.43. The maximum atomic E-state index is 13.1. The number of hydrogen-bond donors (Lipinski definition) is 0. The molecule has 0 N–H and O–H groups in total. The molecule has 0 saturated heterocycles. The zero-order chi connectivity index (χ0) is 20.6. The van der Waals surface area contributed by atoms with E-state index in [1.165, 1.54) is 0 Å². The average molecular weight is 412 g/mol. The van der Waals surface area contributed by atoms with Crippen molar-refractivity contribution < 1.29 is 44.3 Å². The van der Waals surface area contributed by atoms with E-state index in [9.17, 15) is 39.5 Å². The van der Waals surface area contributed by atoms with Crippen molar-refractivity contribution >= 4 is 8.07 Å². The average Bonchev–Trinajstić information content (AvgIpc) is 2.38. The minimum Gasteiger partial charge on any atom is -0.377 e. The Morgan fingerprint density at radius 2 is 1.19 bits per heavy atom. The molecule has 0 spiro atoms. The lowest BCUT2D eigenvalue weighted by molar-refractivity contribution is -0.150. The fraction of sp³-hybridized carbons (Fsp3) is 0.600. The molecule has 0 heterocycles. The molecule has 150 valence electrons. The molecule has 0 aliphatic rings. The van der Waals surface area contributed by atoms with Gasteiger partial charge in [0.2, 0.25) is 0 Å². The second-order valence-electron chi connectivity index (χ2n) is 6.91. The molecule has 1 aromatic carbocycles. The zero-order valence-corrected chi connectivity index (χ0v) is 15.1. The Morgan fingerprint density at radius 1 is 0.769 bits per heavy atom. The first-order valence-corrected chi connectivity index (χ1v) is 11.1. The van der Waals surface area contributed by atoms with Gasteiger partial charge in [0.05, 0.1) is 23.3 Å². The van der Waals surface area contributed by atoms with Crippen LogP contribution in [0.1, 0.15) is 22.3 Å². The molecule has 11 heteroatoms. The minimum absolute atomic E-state index is 0.0780. The van der Waals surface area contributed by atoms with Gasteiger partial charge < -0.3 is 4.74 Å². The maximum absolute atomic E-state index is 13.1. The highest BCUT2D eigenvalue weighted by Crippen LogP contribution is 2.43. The van der Waals surface area contributed by atoms with Gasteiger partial charge in [-0.3, -0.25) is 0 Å². The van der Waals surface area contributed by atoms with Crippen LogP contribution in [0.15, 0.2) is 12.1 Å². The first-order valence-electron chi connectivity index (χ1n) is 7.39. The predicted octanol–water partition coefficient (Wildman–Crippen LogP) is 6.60. The minimum atomic E-state index is -5.39. The van der Waals surface area contributed by atoms with Crippen LogP contribution < -0.4 is 0 Å². The van der Waals surface area contributed by atoms with E-state index in [0.29, 0.717) is 6.04 Å². The molecule has 0 saturated carbocycles. The van der Waals surface area contributed by atoms with E-state index >= 15 is 0 Å². The smallest absolute Gasteiger partial charge is 0.377 e. The molecule has 0 atom stereocenters. The third-order valence-corrected chi connectivity index (χ3v) is 5.13. The Kier molecular flexibility index (Phi) is 6.50. The summed E-state index contributed by atoms with van der Waals surface area (Å²) in [4.78, 5) is 0. The topological polar surface area (TPSA) is 9.23 Å². The number of rotatable bonds is 5. The first-order chi connectivity index (χ1) is 11.4. The quantitative estimate of drug-likeness (QED) is 0.301. The van der Waals surface area contributed by atoms with Gasteiger partial charge in [0.15, 0.2) is 0 Å². The van der Waals surface area contributed by atoms with Crippen molar-refractivity contribution in [2.45, 2.75) is 50.8 Å². The van der Waals surface area contributed by atoms with Crippen LogP contribution in [0.2, 0.25) is 25.7 Å². The van der Waals surface area contributed by atoms with E-state index in [1.807, 2.05) is 19.6 Å². The first kappa shape index (κ1) is 22.8. The largest absolute Gasteiger partial charge is 0.416 e.